The summed E-state index contributed by atoms with van der Waals surface area (Å²) >= 11 is 0. The van der Waals surface area contributed by atoms with Gasteiger partial charge < -0.3 is 19.1 Å². The molecule has 2 aliphatic heterocycles. The van der Waals surface area contributed by atoms with Gasteiger partial charge >= 0.3 is 0 Å². The molecule has 3 heterocycles. The van der Waals surface area contributed by atoms with E-state index < -0.39 is 5.60 Å². The average molecular weight is 399 g/mol. The van der Waals surface area contributed by atoms with Gasteiger partial charge in [-0.15, -0.1) is 0 Å². The minimum atomic E-state index is -0.685. The SMILES string of the molecule is Cn1ccc(C(=O)N2CCCC3(C2)CN(c2ccc(F)cc2)C(=O)CO3)cc1=O. The Labute approximate surface area is 167 Å². The highest BCUT2D eigenvalue weighted by Gasteiger charge is 2.44. The minimum Gasteiger partial charge on any atom is -0.361 e. The van der Waals surface area contributed by atoms with Crippen LogP contribution in [0.1, 0.15) is 23.2 Å². The molecule has 1 unspecified atom stereocenters. The molecule has 0 radical (unpaired) electrons. The topological polar surface area (TPSA) is 71.8 Å². The van der Waals surface area contributed by atoms with Crippen molar-refractivity contribution < 1.29 is 18.7 Å². The van der Waals surface area contributed by atoms with Crippen molar-refractivity contribution in [3.63, 3.8) is 0 Å². The van der Waals surface area contributed by atoms with Crippen molar-refractivity contribution in [3.8, 4) is 0 Å². The zero-order chi connectivity index (χ0) is 20.6. The molecule has 1 atom stereocenters. The fourth-order valence-corrected chi connectivity index (χ4v) is 3.95. The maximum Gasteiger partial charge on any atom is 0.254 e. The highest BCUT2D eigenvalue weighted by Crippen LogP contribution is 2.32. The first kappa shape index (κ1) is 19.3. The zero-order valence-corrected chi connectivity index (χ0v) is 16.1. The number of rotatable bonds is 2. The molecule has 1 spiro atoms. The van der Waals surface area contributed by atoms with Gasteiger partial charge in [0.15, 0.2) is 0 Å². The molecular weight excluding hydrogens is 377 g/mol. The summed E-state index contributed by atoms with van der Waals surface area (Å²) in [5.41, 5.74) is 0.0155. The van der Waals surface area contributed by atoms with Gasteiger partial charge in [0.1, 0.15) is 18.0 Å². The largest absolute Gasteiger partial charge is 0.361 e. The Hall–Kier alpha value is -3.00. The van der Waals surface area contributed by atoms with E-state index in [1.807, 2.05) is 0 Å². The lowest BCUT2D eigenvalue weighted by atomic mass is 9.90. The number of likely N-dealkylation sites (tertiary alicyclic amines) is 1. The predicted molar refractivity (Wildman–Crippen MR) is 104 cm³/mol. The molecule has 8 heteroatoms. The molecule has 2 aromatic rings. The molecule has 0 saturated carbocycles. The zero-order valence-electron chi connectivity index (χ0n) is 16.1. The molecule has 2 fully saturated rings. The van der Waals surface area contributed by atoms with Crippen molar-refractivity contribution in [1.82, 2.24) is 9.47 Å². The van der Waals surface area contributed by atoms with E-state index in [9.17, 15) is 18.8 Å². The lowest BCUT2D eigenvalue weighted by Gasteiger charge is -2.47. The number of amides is 2. The first-order valence-corrected chi connectivity index (χ1v) is 9.53. The van der Waals surface area contributed by atoms with Gasteiger partial charge in [0.25, 0.3) is 17.4 Å². The summed E-state index contributed by atoms with van der Waals surface area (Å²) in [6.07, 6.45) is 3.00. The number of piperidine rings is 1. The van der Waals surface area contributed by atoms with E-state index in [0.29, 0.717) is 30.8 Å². The molecule has 0 N–H and O–H groups in total. The number of aryl methyl sites for hydroxylation is 1. The lowest BCUT2D eigenvalue weighted by Crippen LogP contribution is -2.62. The first-order chi connectivity index (χ1) is 13.9. The van der Waals surface area contributed by atoms with E-state index in [0.717, 1.165) is 6.42 Å². The average Bonchev–Trinajstić information content (AvgIpc) is 2.72. The van der Waals surface area contributed by atoms with Gasteiger partial charge in [-0.2, -0.15) is 0 Å². The Morgan fingerprint density at radius 2 is 1.90 bits per heavy atom. The van der Waals surface area contributed by atoms with Crippen LogP contribution in [-0.2, 0) is 16.6 Å². The number of aromatic nitrogens is 1. The van der Waals surface area contributed by atoms with Gasteiger partial charge in [0.2, 0.25) is 0 Å². The number of nitrogens with zero attached hydrogens (tertiary/aromatic N) is 3. The Morgan fingerprint density at radius 3 is 2.62 bits per heavy atom. The van der Waals surface area contributed by atoms with Crippen LogP contribution in [0.25, 0.3) is 0 Å². The van der Waals surface area contributed by atoms with Crippen LogP contribution in [0.5, 0.6) is 0 Å². The van der Waals surface area contributed by atoms with Gasteiger partial charge in [-0.1, -0.05) is 0 Å². The highest BCUT2D eigenvalue weighted by molar-refractivity contribution is 5.96. The molecular formula is C21H22FN3O4. The summed E-state index contributed by atoms with van der Waals surface area (Å²) in [5, 5.41) is 0. The van der Waals surface area contributed by atoms with Crippen molar-refractivity contribution in [2.24, 2.45) is 7.05 Å². The number of halogens is 1. The number of carbonyl (C=O) groups excluding carboxylic acids is 2. The van der Waals surface area contributed by atoms with E-state index in [2.05, 4.69) is 0 Å². The van der Waals surface area contributed by atoms with Crippen LogP contribution in [-0.4, -0.2) is 53.1 Å². The maximum absolute atomic E-state index is 13.3. The molecule has 2 saturated heterocycles. The third kappa shape index (κ3) is 3.80. The Balaban J connectivity index is 1.55. The van der Waals surface area contributed by atoms with Crippen LogP contribution in [0.3, 0.4) is 0 Å². The van der Waals surface area contributed by atoms with Crippen LogP contribution >= 0.6 is 0 Å². The smallest absolute Gasteiger partial charge is 0.254 e. The molecule has 152 valence electrons. The second-order valence-corrected chi connectivity index (χ2v) is 7.62. The van der Waals surface area contributed by atoms with E-state index in [-0.39, 0.29) is 36.3 Å². The summed E-state index contributed by atoms with van der Waals surface area (Å²) in [7, 11) is 1.63. The third-order valence-electron chi connectivity index (χ3n) is 5.57. The monoisotopic (exact) mass is 399 g/mol. The van der Waals surface area contributed by atoms with Crippen LogP contribution in [0.2, 0.25) is 0 Å². The van der Waals surface area contributed by atoms with E-state index in [4.69, 9.17) is 4.74 Å². The first-order valence-electron chi connectivity index (χ1n) is 9.53. The highest BCUT2D eigenvalue weighted by atomic mass is 19.1. The lowest BCUT2D eigenvalue weighted by molar-refractivity contribution is -0.144. The van der Waals surface area contributed by atoms with E-state index in [1.165, 1.54) is 22.8 Å². The van der Waals surface area contributed by atoms with Gasteiger partial charge in [-0.05, 0) is 43.2 Å². The van der Waals surface area contributed by atoms with Crippen LogP contribution in [0.4, 0.5) is 10.1 Å². The normalized spacial score (nSPS) is 22.2. The van der Waals surface area contributed by atoms with Crippen molar-refractivity contribution in [1.29, 1.82) is 0 Å². The third-order valence-corrected chi connectivity index (χ3v) is 5.57. The molecule has 0 aliphatic carbocycles. The second-order valence-electron chi connectivity index (χ2n) is 7.62. The van der Waals surface area contributed by atoms with Crippen molar-refractivity contribution in [2.75, 3.05) is 31.1 Å². The summed E-state index contributed by atoms with van der Waals surface area (Å²) < 4.78 is 20.6. The van der Waals surface area contributed by atoms with Gasteiger partial charge in [-0.25, -0.2) is 4.39 Å². The van der Waals surface area contributed by atoms with Crippen molar-refractivity contribution in [2.45, 2.75) is 18.4 Å². The Bertz CT molecular complexity index is 1000. The summed E-state index contributed by atoms with van der Waals surface area (Å²) in [5.74, 6) is -0.791. The number of carbonyl (C=O) groups is 2. The fourth-order valence-electron chi connectivity index (χ4n) is 3.95. The predicted octanol–water partition coefficient (Wildman–Crippen LogP) is 1.56. The number of hydrogen-bond acceptors (Lipinski definition) is 4. The quantitative estimate of drug-likeness (QED) is 0.769. The van der Waals surface area contributed by atoms with Crippen molar-refractivity contribution in [3.05, 3.63) is 64.3 Å². The molecule has 2 aliphatic rings. The maximum atomic E-state index is 13.3. The fraction of sp³-hybridized carbons (Fsp3) is 0.381. The summed E-state index contributed by atoms with van der Waals surface area (Å²) in [6.45, 7) is 1.08. The molecule has 1 aromatic heterocycles. The molecule has 0 bridgehead atoms. The standard InChI is InChI=1S/C21H22FN3O4/c1-23-10-7-15(11-18(23)26)20(28)24-9-2-8-21(13-24)14-25(19(27)12-29-21)17-5-3-16(22)4-6-17/h3-7,10-11H,2,8-9,12-14H2,1H3. The molecule has 2 amide bonds. The summed E-state index contributed by atoms with van der Waals surface area (Å²) in [4.78, 5) is 40.5. The number of benzene rings is 1. The summed E-state index contributed by atoms with van der Waals surface area (Å²) in [6, 6.07) is 8.73. The van der Waals surface area contributed by atoms with Crippen LogP contribution in [0, 0.1) is 5.82 Å². The number of morpholine rings is 1. The Morgan fingerprint density at radius 1 is 1.14 bits per heavy atom. The van der Waals surface area contributed by atoms with E-state index in [1.54, 1.807) is 41.2 Å². The molecule has 4 rings (SSSR count). The van der Waals surface area contributed by atoms with Crippen molar-refractivity contribution >= 4 is 17.5 Å². The Kier molecular flexibility index (Phi) is 4.96. The van der Waals surface area contributed by atoms with Gasteiger partial charge in [0.05, 0.1) is 13.1 Å². The number of pyridine rings is 1. The van der Waals surface area contributed by atoms with E-state index >= 15 is 0 Å². The minimum absolute atomic E-state index is 0.0920. The van der Waals surface area contributed by atoms with Crippen LogP contribution < -0.4 is 10.5 Å². The van der Waals surface area contributed by atoms with Gasteiger partial charge in [-0.3, -0.25) is 14.4 Å². The number of ether oxygens (including phenoxy) is 1. The molecule has 29 heavy (non-hydrogen) atoms. The number of anilines is 1. The van der Waals surface area contributed by atoms with Gasteiger partial charge in [0, 0.05) is 37.1 Å². The molecule has 1 aromatic carbocycles. The van der Waals surface area contributed by atoms with Crippen LogP contribution in [0.15, 0.2) is 47.4 Å². The molecule has 7 nitrogen and oxygen atoms in total. The number of hydrogen-bond donors (Lipinski definition) is 0. The second kappa shape index (κ2) is 7.44.